The Morgan fingerprint density at radius 3 is 3.04 bits per heavy atom. The number of H-pyrrole nitrogens is 1. The van der Waals surface area contributed by atoms with Crippen LogP contribution >= 0.6 is 23.1 Å². The minimum Gasteiger partial charge on any atom is -0.331 e. The number of aromatic amines is 1. The smallest absolute Gasteiger partial charge is 0.261 e. The van der Waals surface area contributed by atoms with Crippen molar-refractivity contribution in [3.05, 3.63) is 49.9 Å². The molecule has 3 heterocycles. The maximum absolute atomic E-state index is 12.8. The summed E-state index contributed by atoms with van der Waals surface area (Å²) in [6.45, 7) is 0.632. The first-order valence-electron chi connectivity index (χ1n) is 7.21. The minimum atomic E-state index is -0.435. The van der Waals surface area contributed by atoms with E-state index in [0.717, 1.165) is 17.7 Å². The molecule has 1 aliphatic heterocycles. The number of carbonyl (C=O) groups is 1. The number of rotatable bonds is 3. The van der Waals surface area contributed by atoms with Crippen LogP contribution < -0.4 is 5.56 Å². The highest BCUT2D eigenvalue weighted by Crippen LogP contribution is 2.35. The van der Waals surface area contributed by atoms with Crippen LogP contribution in [-0.4, -0.2) is 28.6 Å². The van der Waals surface area contributed by atoms with Gasteiger partial charge in [0.15, 0.2) is 0 Å². The van der Waals surface area contributed by atoms with Crippen molar-refractivity contribution >= 4 is 29.0 Å². The highest BCUT2D eigenvalue weighted by molar-refractivity contribution is 7.98. The highest BCUT2D eigenvalue weighted by Gasteiger charge is 2.32. The van der Waals surface area contributed by atoms with Gasteiger partial charge in [0.1, 0.15) is 11.6 Å². The second-order valence-corrected chi connectivity index (χ2v) is 7.04. The van der Waals surface area contributed by atoms with E-state index in [1.54, 1.807) is 22.5 Å². The van der Waals surface area contributed by atoms with Gasteiger partial charge in [0.05, 0.1) is 16.6 Å². The highest BCUT2D eigenvalue weighted by atomic mass is 32.2. The number of nitriles is 1. The molecule has 118 valence electrons. The molecule has 0 unspecified atom stereocenters. The Labute approximate surface area is 141 Å². The zero-order valence-corrected chi connectivity index (χ0v) is 14.2. The topological polar surface area (TPSA) is 77.0 Å². The number of nitrogens with one attached hydrogen (secondary N) is 1. The molecular formula is C16H15N3O2S2. The van der Waals surface area contributed by atoms with E-state index in [1.807, 2.05) is 23.6 Å². The first-order valence-corrected chi connectivity index (χ1v) is 9.32. The van der Waals surface area contributed by atoms with Gasteiger partial charge >= 0.3 is 0 Å². The molecule has 2 aromatic heterocycles. The predicted octanol–water partition coefficient (Wildman–Crippen LogP) is 3.01. The number of thiophene rings is 1. The van der Waals surface area contributed by atoms with Crippen LogP contribution in [0.5, 0.6) is 0 Å². The molecule has 1 aliphatic rings. The molecule has 1 N–H and O–H groups in total. The van der Waals surface area contributed by atoms with Gasteiger partial charge in [-0.05, 0) is 36.6 Å². The molecule has 3 rings (SSSR count). The Morgan fingerprint density at radius 2 is 2.39 bits per heavy atom. The van der Waals surface area contributed by atoms with E-state index in [1.165, 1.54) is 17.8 Å². The van der Waals surface area contributed by atoms with Crippen molar-refractivity contribution in [1.29, 1.82) is 5.26 Å². The van der Waals surface area contributed by atoms with Crippen LogP contribution in [0.3, 0.4) is 0 Å². The van der Waals surface area contributed by atoms with Gasteiger partial charge < -0.3 is 9.88 Å². The summed E-state index contributed by atoms with van der Waals surface area (Å²) < 4.78 is 0. The number of nitrogens with zero attached hydrogens (tertiary/aromatic N) is 2. The third-order valence-electron chi connectivity index (χ3n) is 3.95. The van der Waals surface area contributed by atoms with E-state index in [9.17, 15) is 14.9 Å². The van der Waals surface area contributed by atoms with Crippen molar-refractivity contribution < 1.29 is 4.79 Å². The summed E-state index contributed by atoms with van der Waals surface area (Å²) in [5.41, 5.74) is -0.0645. The Morgan fingerprint density at radius 1 is 1.57 bits per heavy atom. The second kappa shape index (κ2) is 6.60. The van der Waals surface area contributed by atoms with Crippen molar-refractivity contribution in [2.75, 3.05) is 12.8 Å². The molecule has 0 aromatic carbocycles. The molecule has 1 saturated heterocycles. The molecule has 7 heteroatoms. The number of thioether (sulfide) groups is 1. The molecule has 2 aromatic rings. The molecule has 1 atom stereocenters. The van der Waals surface area contributed by atoms with Crippen molar-refractivity contribution in [3.8, 4) is 6.07 Å². The number of likely N-dealkylation sites (tertiary alicyclic amines) is 1. The number of hydrogen-bond donors (Lipinski definition) is 1. The number of aromatic nitrogens is 1. The standard InChI is InChI=1S/C16H15N3O2S2/c1-22-15-10(9-17)8-11(14(20)18-15)16(21)19-6-2-4-12(19)13-5-3-7-23-13/h3,5,7-8,12H,2,4,6H2,1H3,(H,18,20)/t12-/m0/s1. The molecule has 0 aliphatic carbocycles. The molecule has 0 spiro atoms. The average molecular weight is 345 g/mol. The first-order chi connectivity index (χ1) is 11.2. The largest absolute Gasteiger partial charge is 0.331 e. The summed E-state index contributed by atoms with van der Waals surface area (Å²) in [5, 5.41) is 11.7. The zero-order chi connectivity index (χ0) is 16.4. The van der Waals surface area contributed by atoms with E-state index in [2.05, 4.69) is 4.98 Å². The van der Waals surface area contributed by atoms with Crippen LogP contribution in [0.2, 0.25) is 0 Å². The second-order valence-electron chi connectivity index (χ2n) is 5.24. The molecule has 1 fully saturated rings. The summed E-state index contributed by atoms with van der Waals surface area (Å²) in [7, 11) is 0. The Balaban J connectivity index is 1.97. The normalized spacial score (nSPS) is 17.2. The lowest BCUT2D eigenvalue weighted by atomic mass is 10.1. The van der Waals surface area contributed by atoms with Crippen LogP contribution in [0, 0.1) is 11.3 Å². The average Bonchev–Trinajstić information content (AvgIpc) is 3.24. The van der Waals surface area contributed by atoms with Crippen LogP contribution in [0.4, 0.5) is 0 Å². The first kappa shape index (κ1) is 15.8. The van der Waals surface area contributed by atoms with Gasteiger partial charge in [0.25, 0.3) is 11.5 Å². The van der Waals surface area contributed by atoms with Gasteiger partial charge in [-0.1, -0.05) is 6.07 Å². The summed E-state index contributed by atoms with van der Waals surface area (Å²) >= 11 is 2.90. The minimum absolute atomic E-state index is 0.0210. The van der Waals surface area contributed by atoms with Crippen LogP contribution in [0.25, 0.3) is 0 Å². The monoisotopic (exact) mass is 345 g/mol. The maximum atomic E-state index is 12.8. The zero-order valence-electron chi connectivity index (χ0n) is 12.5. The number of carbonyl (C=O) groups excluding carboxylic acids is 1. The summed E-state index contributed by atoms with van der Waals surface area (Å²) in [6, 6.07) is 7.46. The molecular weight excluding hydrogens is 330 g/mol. The number of hydrogen-bond acceptors (Lipinski definition) is 5. The van der Waals surface area contributed by atoms with Crippen LogP contribution in [0.15, 0.2) is 33.4 Å². The maximum Gasteiger partial charge on any atom is 0.261 e. The quantitative estimate of drug-likeness (QED) is 0.868. The van der Waals surface area contributed by atoms with Crippen LogP contribution in [0.1, 0.15) is 39.7 Å². The Bertz CT molecular complexity index is 821. The fourth-order valence-electron chi connectivity index (χ4n) is 2.86. The van der Waals surface area contributed by atoms with Gasteiger partial charge in [0.2, 0.25) is 0 Å². The lowest BCUT2D eigenvalue weighted by Gasteiger charge is -2.23. The third kappa shape index (κ3) is 2.92. The van der Waals surface area contributed by atoms with E-state index in [4.69, 9.17) is 0 Å². The predicted molar refractivity (Wildman–Crippen MR) is 90.9 cm³/mol. The fraction of sp³-hybridized carbons (Fsp3) is 0.312. The van der Waals surface area contributed by atoms with E-state index in [-0.39, 0.29) is 17.5 Å². The molecule has 5 nitrogen and oxygen atoms in total. The van der Waals surface area contributed by atoms with Crippen molar-refractivity contribution in [2.45, 2.75) is 23.9 Å². The van der Waals surface area contributed by atoms with Crippen molar-refractivity contribution in [3.63, 3.8) is 0 Å². The lowest BCUT2D eigenvalue weighted by Crippen LogP contribution is -2.34. The summed E-state index contributed by atoms with van der Waals surface area (Å²) in [6.07, 6.45) is 3.60. The number of amides is 1. The van der Waals surface area contributed by atoms with Crippen LogP contribution in [-0.2, 0) is 0 Å². The van der Waals surface area contributed by atoms with Gasteiger partial charge in [0, 0.05) is 11.4 Å². The molecule has 0 saturated carbocycles. The van der Waals surface area contributed by atoms with Crippen molar-refractivity contribution in [2.24, 2.45) is 0 Å². The van der Waals surface area contributed by atoms with Gasteiger partial charge in [-0.3, -0.25) is 9.59 Å². The number of pyridine rings is 1. The lowest BCUT2D eigenvalue weighted by molar-refractivity contribution is 0.0736. The SMILES string of the molecule is CSc1[nH]c(=O)c(C(=O)N2CCC[C@H]2c2cccs2)cc1C#N. The van der Waals surface area contributed by atoms with Gasteiger partial charge in [-0.2, -0.15) is 5.26 Å². The Kier molecular flexibility index (Phi) is 4.55. The van der Waals surface area contributed by atoms with E-state index >= 15 is 0 Å². The molecule has 1 amide bonds. The summed E-state index contributed by atoms with van der Waals surface area (Å²) in [5.74, 6) is -0.300. The van der Waals surface area contributed by atoms with E-state index in [0.29, 0.717) is 17.1 Å². The molecule has 0 bridgehead atoms. The third-order valence-corrected chi connectivity index (χ3v) is 5.65. The molecule has 23 heavy (non-hydrogen) atoms. The van der Waals surface area contributed by atoms with Gasteiger partial charge in [-0.15, -0.1) is 23.1 Å². The van der Waals surface area contributed by atoms with Crippen molar-refractivity contribution in [1.82, 2.24) is 9.88 Å². The molecule has 0 radical (unpaired) electrons. The summed E-state index contributed by atoms with van der Waals surface area (Å²) in [4.78, 5) is 30.6. The van der Waals surface area contributed by atoms with Gasteiger partial charge in [-0.25, -0.2) is 0 Å². The van der Waals surface area contributed by atoms with E-state index < -0.39 is 5.56 Å². The fourth-order valence-corrected chi connectivity index (χ4v) is 4.25. The Hall–Kier alpha value is -2.04.